The molecule has 1 aromatic rings. The molecule has 0 N–H and O–H groups in total. The molecule has 0 saturated heterocycles. The van der Waals surface area contributed by atoms with Crippen molar-refractivity contribution in [3.05, 3.63) is 27.5 Å². The fourth-order valence-electron chi connectivity index (χ4n) is 1.25. The van der Waals surface area contributed by atoms with E-state index in [4.69, 9.17) is 0 Å². The van der Waals surface area contributed by atoms with Crippen molar-refractivity contribution in [3.8, 4) is 0 Å². The Labute approximate surface area is 114 Å². The number of carbonyl (C=O) groups excluding carboxylic acids is 1. The van der Waals surface area contributed by atoms with E-state index in [2.05, 4.69) is 41.6 Å². The molecule has 0 amide bonds. The number of nitrogens with zero attached hydrogens (tertiary/aromatic N) is 1. The Kier molecular flexibility index (Phi) is 5.45. The van der Waals surface area contributed by atoms with E-state index in [1.54, 1.807) is 0 Å². The summed E-state index contributed by atoms with van der Waals surface area (Å²) >= 11 is 6.32. The van der Waals surface area contributed by atoms with Crippen LogP contribution in [0.3, 0.4) is 0 Å². The second-order valence-corrected chi connectivity index (χ2v) is 4.48. The summed E-state index contributed by atoms with van der Waals surface area (Å²) in [7, 11) is 1.21. The molecular weight excluding hydrogens is 364 g/mol. The molecule has 0 bridgehead atoms. The zero-order valence-corrected chi connectivity index (χ0v) is 12.0. The molecule has 0 spiro atoms. The fourth-order valence-corrected chi connectivity index (χ4v) is 2.49. The highest BCUT2D eigenvalue weighted by Crippen LogP contribution is 2.27. The zero-order valence-electron chi connectivity index (χ0n) is 8.84. The summed E-state index contributed by atoms with van der Waals surface area (Å²) in [5, 5.41) is 0.457. The van der Waals surface area contributed by atoms with Gasteiger partial charge in [-0.05, 0) is 33.1 Å². The molecule has 17 heavy (non-hydrogen) atoms. The van der Waals surface area contributed by atoms with Gasteiger partial charge in [0, 0.05) is 5.33 Å². The second-order valence-electron chi connectivity index (χ2n) is 3.17. The second kappa shape index (κ2) is 6.39. The maximum Gasteiger partial charge on any atom is 0.310 e. The van der Waals surface area contributed by atoms with Crippen LogP contribution in [0.15, 0.2) is 10.7 Å². The lowest BCUT2D eigenvalue weighted by atomic mass is 10.1. The van der Waals surface area contributed by atoms with Gasteiger partial charge in [-0.1, -0.05) is 15.9 Å². The van der Waals surface area contributed by atoms with E-state index in [0.29, 0.717) is 15.5 Å². The molecule has 0 aromatic carbocycles. The summed E-state index contributed by atoms with van der Waals surface area (Å²) in [6.45, 7) is 0. The van der Waals surface area contributed by atoms with Gasteiger partial charge in [0.15, 0.2) is 0 Å². The zero-order chi connectivity index (χ0) is 13.0. The third-order valence-corrected chi connectivity index (χ3v) is 3.36. The number of hydrogen-bond donors (Lipinski definition) is 0. The molecule has 0 radical (unpaired) electrons. The minimum absolute atomic E-state index is 0.185. The van der Waals surface area contributed by atoms with Crippen LogP contribution in [0.1, 0.15) is 23.2 Å². The maximum atomic E-state index is 12.8. The molecule has 1 aromatic heterocycles. The van der Waals surface area contributed by atoms with Gasteiger partial charge >= 0.3 is 5.97 Å². The quantitative estimate of drug-likeness (QED) is 0.462. The largest absolute Gasteiger partial charge is 0.469 e. The van der Waals surface area contributed by atoms with Crippen LogP contribution in [-0.4, -0.2) is 18.1 Å². The highest BCUT2D eigenvalue weighted by Gasteiger charge is 2.19. The number of methoxy groups -OCH3 is 1. The lowest BCUT2D eigenvalue weighted by Gasteiger charge is -2.10. The van der Waals surface area contributed by atoms with Gasteiger partial charge in [0.2, 0.25) is 0 Å². The molecule has 3 nitrogen and oxygen atoms in total. The highest BCUT2D eigenvalue weighted by molar-refractivity contribution is 9.10. The van der Waals surface area contributed by atoms with Gasteiger partial charge in [-0.2, -0.15) is 0 Å². The lowest BCUT2D eigenvalue weighted by molar-refractivity contribution is -0.139. The Morgan fingerprint density at radius 3 is 2.65 bits per heavy atom. The first-order valence-corrected chi connectivity index (χ1v) is 6.50. The number of alkyl halides is 3. The number of hydrogen-bond acceptors (Lipinski definition) is 3. The van der Waals surface area contributed by atoms with E-state index in [0.717, 1.165) is 0 Å². The summed E-state index contributed by atoms with van der Waals surface area (Å²) < 4.78 is 30.3. The van der Waals surface area contributed by atoms with Gasteiger partial charge in [-0.25, -0.2) is 13.8 Å². The van der Waals surface area contributed by atoms with Crippen molar-refractivity contribution in [2.75, 3.05) is 7.11 Å². The van der Waals surface area contributed by atoms with Crippen LogP contribution in [0, 0.1) is 0 Å². The van der Waals surface area contributed by atoms with Gasteiger partial charge in [0.1, 0.15) is 10.3 Å². The van der Waals surface area contributed by atoms with Crippen molar-refractivity contribution in [3.63, 3.8) is 0 Å². The minimum Gasteiger partial charge on any atom is -0.469 e. The van der Waals surface area contributed by atoms with Crippen LogP contribution >= 0.6 is 31.9 Å². The summed E-state index contributed by atoms with van der Waals surface area (Å²) in [5.41, 5.74) is 0.491. The van der Waals surface area contributed by atoms with Crippen LogP contribution in [0.2, 0.25) is 0 Å². The number of aromatic nitrogens is 1. The summed E-state index contributed by atoms with van der Waals surface area (Å²) in [6, 6.07) is 1.52. The van der Waals surface area contributed by atoms with Crippen LogP contribution in [0.25, 0.3) is 0 Å². The van der Waals surface area contributed by atoms with Crippen molar-refractivity contribution in [2.45, 2.75) is 18.2 Å². The standard InChI is InChI=1S/C10H9Br2F2NO2/c1-17-7(16)3-5-2-6(4-11)9(12)15-8(5)10(13)14/h2,10H,3-4H2,1H3. The summed E-state index contributed by atoms with van der Waals surface area (Å²) in [4.78, 5) is 14.9. The van der Waals surface area contributed by atoms with E-state index in [1.807, 2.05) is 0 Å². The van der Waals surface area contributed by atoms with E-state index in [1.165, 1.54) is 13.2 Å². The molecule has 0 aliphatic rings. The smallest absolute Gasteiger partial charge is 0.310 e. The van der Waals surface area contributed by atoms with E-state index in [9.17, 15) is 13.6 Å². The molecule has 1 heterocycles. The first-order chi connectivity index (χ1) is 7.99. The Morgan fingerprint density at radius 2 is 2.18 bits per heavy atom. The van der Waals surface area contributed by atoms with Crippen LogP contribution in [-0.2, 0) is 21.3 Å². The molecular formula is C10H9Br2F2NO2. The number of carbonyl (C=O) groups is 1. The molecule has 0 aliphatic heterocycles. The Balaban J connectivity index is 3.19. The third-order valence-electron chi connectivity index (χ3n) is 2.07. The Morgan fingerprint density at radius 1 is 1.53 bits per heavy atom. The van der Waals surface area contributed by atoms with E-state index < -0.39 is 18.1 Å². The number of esters is 1. The predicted molar refractivity (Wildman–Crippen MR) is 65.2 cm³/mol. The first kappa shape index (κ1) is 14.5. The normalized spacial score (nSPS) is 10.7. The van der Waals surface area contributed by atoms with E-state index >= 15 is 0 Å². The predicted octanol–water partition coefficient (Wildman–Crippen LogP) is 3.39. The topological polar surface area (TPSA) is 39.2 Å². The highest BCUT2D eigenvalue weighted by atomic mass is 79.9. The number of pyridine rings is 1. The Hall–Kier alpha value is -0.560. The number of ether oxygens (including phenoxy) is 1. The molecule has 1 rings (SSSR count). The van der Waals surface area contributed by atoms with Crippen molar-refractivity contribution in [2.24, 2.45) is 0 Å². The monoisotopic (exact) mass is 371 g/mol. The molecule has 0 unspecified atom stereocenters. The van der Waals surface area contributed by atoms with Crippen LogP contribution < -0.4 is 0 Å². The third kappa shape index (κ3) is 3.70. The molecule has 0 atom stereocenters. The summed E-state index contributed by atoms with van der Waals surface area (Å²) in [5.74, 6) is -0.573. The average molecular weight is 373 g/mol. The molecule has 0 aliphatic carbocycles. The lowest BCUT2D eigenvalue weighted by Crippen LogP contribution is -2.09. The van der Waals surface area contributed by atoms with Crippen molar-refractivity contribution in [1.82, 2.24) is 4.98 Å². The van der Waals surface area contributed by atoms with Gasteiger partial charge in [0.25, 0.3) is 6.43 Å². The van der Waals surface area contributed by atoms with E-state index in [-0.39, 0.29) is 12.0 Å². The molecule has 0 fully saturated rings. The van der Waals surface area contributed by atoms with Crippen molar-refractivity contribution >= 4 is 37.8 Å². The average Bonchev–Trinajstić information content (AvgIpc) is 2.30. The SMILES string of the molecule is COC(=O)Cc1cc(CBr)c(Br)nc1C(F)F. The van der Waals surface area contributed by atoms with Gasteiger partial charge in [-0.15, -0.1) is 0 Å². The van der Waals surface area contributed by atoms with Gasteiger partial charge in [0.05, 0.1) is 13.5 Å². The first-order valence-electron chi connectivity index (χ1n) is 4.58. The van der Waals surface area contributed by atoms with Crippen LogP contribution in [0.4, 0.5) is 8.78 Å². The summed E-state index contributed by atoms with van der Waals surface area (Å²) in [6.07, 6.45) is -2.94. The van der Waals surface area contributed by atoms with Gasteiger partial charge in [-0.3, -0.25) is 4.79 Å². The van der Waals surface area contributed by atoms with Crippen LogP contribution in [0.5, 0.6) is 0 Å². The Bertz CT molecular complexity index is 427. The minimum atomic E-state index is -2.73. The number of halogens is 4. The van der Waals surface area contributed by atoms with Gasteiger partial charge < -0.3 is 4.74 Å². The van der Waals surface area contributed by atoms with Crippen molar-refractivity contribution < 1.29 is 18.3 Å². The fraction of sp³-hybridized carbons (Fsp3) is 0.400. The van der Waals surface area contributed by atoms with Crippen molar-refractivity contribution in [1.29, 1.82) is 0 Å². The molecule has 7 heteroatoms. The maximum absolute atomic E-state index is 12.8. The molecule has 0 saturated carbocycles. The number of rotatable bonds is 4. The molecule has 94 valence electrons.